The van der Waals surface area contributed by atoms with Crippen LogP contribution in [-0.2, 0) is 16.0 Å². The second kappa shape index (κ2) is 7.47. The zero-order chi connectivity index (χ0) is 13.8. The molecule has 0 spiro atoms. The Labute approximate surface area is 125 Å². The third kappa shape index (κ3) is 3.42. The van der Waals surface area contributed by atoms with Crippen LogP contribution in [-0.4, -0.2) is 39.3 Å². The van der Waals surface area contributed by atoms with E-state index in [4.69, 9.17) is 15.2 Å². The molecule has 2 rings (SSSR count). The number of amides is 1. The molecule has 0 saturated carbocycles. The van der Waals surface area contributed by atoms with Crippen molar-refractivity contribution in [1.29, 1.82) is 0 Å². The summed E-state index contributed by atoms with van der Waals surface area (Å²) < 4.78 is 10.4. The van der Waals surface area contributed by atoms with E-state index in [-0.39, 0.29) is 24.4 Å². The van der Waals surface area contributed by atoms with Crippen molar-refractivity contribution in [3.63, 3.8) is 0 Å². The fourth-order valence-corrected chi connectivity index (χ4v) is 2.33. The molecule has 0 bridgehead atoms. The van der Waals surface area contributed by atoms with E-state index in [0.717, 1.165) is 23.4 Å². The Balaban J connectivity index is 0.00000200. The number of nitrogens with two attached hydrogens (primary N) is 1. The topological polar surface area (TPSA) is 64.8 Å². The van der Waals surface area contributed by atoms with Gasteiger partial charge in [0.05, 0.1) is 19.6 Å². The van der Waals surface area contributed by atoms with Gasteiger partial charge in [-0.25, -0.2) is 0 Å². The maximum absolute atomic E-state index is 12.2. The van der Waals surface area contributed by atoms with Crippen molar-refractivity contribution in [3.8, 4) is 5.75 Å². The van der Waals surface area contributed by atoms with E-state index in [1.165, 1.54) is 0 Å². The molecule has 1 aromatic rings. The Bertz CT molecular complexity index is 464. The number of ether oxygens (including phenoxy) is 2. The standard InChI is InChI=1S/C14H20N2O3.ClH/c1-18-11-3-4-13-10(7-11)5-6-16(13)14(17)8-12(9-15)19-2;/h3-4,7,12H,5-6,8-9,15H2,1-2H3;1H. The van der Waals surface area contributed by atoms with Crippen molar-refractivity contribution < 1.29 is 14.3 Å². The minimum absolute atomic E-state index is 0. The van der Waals surface area contributed by atoms with Gasteiger partial charge >= 0.3 is 0 Å². The Morgan fingerprint density at radius 2 is 2.20 bits per heavy atom. The first-order valence-electron chi connectivity index (χ1n) is 6.39. The fourth-order valence-electron chi connectivity index (χ4n) is 2.33. The van der Waals surface area contributed by atoms with Crippen LogP contribution in [0, 0.1) is 0 Å². The predicted octanol–water partition coefficient (Wildman–Crippen LogP) is 1.37. The first kappa shape index (κ1) is 16.8. The molecular weight excluding hydrogens is 280 g/mol. The second-order valence-corrected chi connectivity index (χ2v) is 4.59. The molecule has 1 heterocycles. The summed E-state index contributed by atoms with van der Waals surface area (Å²) in [4.78, 5) is 14.1. The molecule has 1 aromatic carbocycles. The minimum atomic E-state index is -0.213. The van der Waals surface area contributed by atoms with E-state index in [1.54, 1.807) is 19.1 Å². The summed E-state index contributed by atoms with van der Waals surface area (Å²) in [6.45, 7) is 1.06. The lowest BCUT2D eigenvalue weighted by Gasteiger charge is -2.20. The van der Waals surface area contributed by atoms with E-state index in [2.05, 4.69) is 0 Å². The van der Waals surface area contributed by atoms with Crippen LogP contribution >= 0.6 is 12.4 Å². The van der Waals surface area contributed by atoms with Gasteiger partial charge in [-0.3, -0.25) is 4.79 Å². The molecule has 0 aromatic heterocycles. The molecule has 1 unspecified atom stereocenters. The zero-order valence-corrected chi connectivity index (χ0v) is 12.6. The van der Waals surface area contributed by atoms with Crippen LogP contribution in [0.25, 0.3) is 0 Å². The van der Waals surface area contributed by atoms with E-state index in [1.807, 2.05) is 18.2 Å². The highest BCUT2D eigenvalue weighted by molar-refractivity contribution is 5.95. The van der Waals surface area contributed by atoms with Gasteiger partial charge in [0.1, 0.15) is 5.75 Å². The van der Waals surface area contributed by atoms with Gasteiger partial charge in [0.15, 0.2) is 0 Å². The fraction of sp³-hybridized carbons (Fsp3) is 0.500. The number of carbonyl (C=O) groups excluding carboxylic acids is 1. The molecule has 1 amide bonds. The maximum Gasteiger partial charge on any atom is 0.229 e. The molecule has 5 nitrogen and oxygen atoms in total. The normalized spacial score (nSPS) is 14.4. The van der Waals surface area contributed by atoms with E-state index < -0.39 is 0 Å². The van der Waals surface area contributed by atoms with E-state index >= 15 is 0 Å². The molecule has 6 heteroatoms. The highest BCUT2D eigenvalue weighted by Gasteiger charge is 2.26. The molecule has 20 heavy (non-hydrogen) atoms. The summed E-state index contributed by atoms with van der Waals surface area (Å²) in [6, 6.07) is 5.80. The predicted molar refractivity (Wildman–Crippen MR) is 80.8 cm³/mol. The van der Waals surface area contributed by atoms with Crippen molar-refractivity contribution in [3.05, 3.63) is 23.8 Å². The van der Waals surface area contributed by atoms with E-state index in [0.29, 0.717) is 19.5 Å². The molecule has 2 N–H and O–H groups in total. The first-order chi connectivity index (χ1) is 9.19. The van der Waals surface area contributed by atoms with Gasteiger partial charge in [0, 0.05) is 25.9 Å². The van der Waals surface area contributed by atoms with Gasteiger partial charge in [0.2, 0.25) is 5.91 Å². The Morgan fingerprint density at radius 1 is 1.45 bits per heavy atom. The molecule has 0 fully saturated rings. The van der Waals surface area contributed by atoms with Crippen molar-refractivity contribution in [2.24, 2.45) is 5.73 Å². The van der Waals surface area contributed by atoms with Gasteiger partial charge in [0.25, 0.3) is 0 Å². The molecule has 0 saturated heterocycles. The zero-order valence-electron chi connectivity index (χ0n) is 11.8. The van der Waals surface area contributed by atoms with Crippen LogP contribution < -0.4 is 15.4 Å². The number of methoxy groups -OCH3 is 2. The smallest absolute Gasteiger partial charge is 0.229 e. The van der Waals surface area contributed by atoms with Crippen molar-refractivity contribution in [1.82, 2.24) is 0 Å². The van der Waals surface area contributed by atoms with Crippen LogP contribution in [0.4, 0.5) is 5.69 Å². The van der Waals surface area contributed by atoms with Crippen molar-refractivity contribution >= 4 is 24.0 Å². The average molecular weight is 301 g/mol. The van der Waals surface area contributed by atoms with Crippen LogP contribution in [0.3, 0.4) is 0 Å². The summed E-state index contributed by atoms with van der Waals surface area (Å²) in [5.41, 5.74) is 7.67. The van der Waals surface area contributed by atoms with Crippen LogP contribution in [0.5, 0.6) is 5.75 Å². The largest absolute Gasteiger partial charge is 0.497 e. The van der Waals surface area contributed by atoms with Crippen molar-refractivity contribution in [2.75, 3.05) is 32.2 Å². The van der Waals surface area contributed by atoms with Gasteiger partial charge in [-0.1, -0.05) is 0 Å². The number of benzene rings is 1. The highest BCUT2D eigenvalue weighted by Crippen LogP contribution is 2.31. The first-order valence-corrected chi connectivity index (χ1v) is 6.39. The summed E-state index contributed by atoms with van der Waals surface area (Å²) in [6.07, 6.45) is 0.964. The summed E-state index contributed by atoms with van der Waals surface area (Å²) in [5.74, 6) is 0.881. The van der Waals surface area contributed by atoms with Gasteiger partial charge in [-0.05, 0) is 30.2 Å². The maximum atomic E-state index is 12.2. The average Bonchev–Trinajstić information content (AvgIpc) is 2.87. The minimum Gasteiger partial charge on any atom is -0.497 e. The van der Waals surface area contributed by atoms with Crippen LogP contribution in [0.1, 0.15) is 12.0 Å². The number of hydrogen-bond donors (Lipinski definition) is 1. The number of halogens is 1. The second-order valence-electron chi connectivity index (χ2n) is 4.59. The molecule has 112 valence electrons. The van der Waals surface area contributed by atoms with Crippen LogP contribution in [0.15, 0.2) is 18.2 Å². The van der Waals surface area contributed by atoms with E-state index in [9.17, 15) is 4.79 Å². The lowest BCUT2D eigenvalue weighted by molar-refractivity contribution is -0.120. The molecule has 1 aliphatic heterocycles. The third-order valence-corrected chi connectivity index (χ3v) is 3.48. The third-order valence-electron chi connectivity index (χ3n) is 3.48. The number of anilines is 1. The number of hydrogen-bond acceptors (Lipinski definition) is 4. The molecule has 1 atom stereocenters. The molecule has 0 radical (unpaired) electrons. The number of nitrogens with zero attached hydrogens (tertiary/aromatic N) is 1. The van der Waals surface area contributed by atoms with Crippen molar-refractivity contribution in [2.45, 2.75) is 18.9 Å². The van der Waals surface area contributed by atoms with Crippen LogP contribution in [0.2, 0.25) is 0 Å². The summed E-state index contributed by atoms with van der Waals surface area (Å²) in [7, 11) is 3.22. The monoisotopic (exact) mass is 300 g/mol. The van der Waals surface area contributed by atoms with Gasteiger partial charge in [-0.2, -0.15) is 0 Å². The summed E-state index contributed by atoms with van der Waals surface area (Å²) in [5, 5.41) is 0. The highest BCUT2D eigenvalue weighted by atomic mass is 35.5. The Morgan fingerprint density at radius 3 is 2.80 bits per heavy atom. The quantitative estimate of drug-likeness (QED) is 0.892. The lowest BCUT2D eigenvalue weighted by Crippen LogP contribution is -2.35. The Kier molecular flexibility index (Phi) is 6.26. The Hall–Kier alpha value is -1.30. The lowest BCUT2D eigenvalue weighted by atomic mass is 10.1. The molecular formula is C14H21ClN2O3. The number of fused-ring (bicyclic) bond motifs is 1. The summed E-state index contributed by atoms with van der Waals surface area (Å²) >= 11 is 0. The van der Waals surface area contributed by atoms with Gasteiger partial charge in [-0.15, -0.1) is 12.4 Å². The number of rotatable bonds is 5. The van der Waals surface area contributed by atoms with Gasteiger partial charge < -0.3 is 20.1 Å². The molecule has 1 aliphatic rings. The molecule has 0 aliphatic carbocycles. The SMILES string of the molecule is COc1ccc2c(c1)CCN2C(=O)CC(CN)OC.Cl. The number of carbonyl (C=O) groups is 1.